The molecule has 2 aromatic rings. The van der Waals surface area contributed by atoms with E-state index in [0.29, 0.717) is 11.4 Å². The molecular weight excluding hydrogens is 362 g/mol. The van der Waals surface area contributed by atoms with Crippen molar-refractivity contribution < 1.29 is 14.7 Å². The van der Waals surface area contributed by atoms with Crippen LogP contribution in [0.25, 0.3) is 0 Å². The first-order chi connectivity index (χ1) is 12.0. The minimum Gasteiger partial charge on any atom is -0.506 e. The average Bonchev–Trinajstić information content (AvgIpc) is 2.58. The Hall–Kier alpha value is -2.77. The van der Waals surface area contributed by atoms with Gasteiger partial charge in [0.25, 0.3) is 5.91 Å². The van der Waals surface area contributed by atoms with Gasteiger partial charge in [-0.05, 0) is 36.5 Å². The highest BCUT2D eigenvalue weighted by molar-refractivity contribution is 7.80. The van der Waals surface area contributed by atoms with Gasteiger partial charge in [-0.25, -0.2) is 0 Å². The van der Waals surface area contributed by atoms with Crippen LogP contribution in [0.1, 0.15) is 0 Å². The number of hydrogen-bond acceptors (Lipinski definition) is 5. The summed E-state index contributed by atoms with van der Waals surface area (Å²) in [5.41, 5.74) is 0.918. The van der Waals surface area contributed by atoms with Crippen molar-refractivity contribution in [2.45, 2.75) is 0 Å². The molecule has 25 heavy (non-hydrogen) atoms. The molecule has 1 aliphatic heterocycles. The fourth-order valence-electron chi connectivity index (χ4n) is 2.29. The Morgan fingerprint density at radius 3 is 2.60 bits per heavy atom. The summed E-state index contributed by atoms with van der Waals surface area (Å²) in [6, 6.07) is 13.1. The van der Waals surface area contributed by atoms with Gasteiger partial charge < -0.3 is 10.4 Å². The molecule has 126 valence electrons. The molecule has 3 rings (SSSR count). The maximum Gasteiger partial charge on any atom is 0.251 e. The van der Waals surface area contributed by atoms with Crippen LogP contribution in [-0.2, 0) is 9.59 Å². The van der Waals surface area contributed by atoms with E-state index < -0.39 is 17.7 Å². The monoisotopic (exact) mass is 373 g/mol. The van der Waals surface area contributed by atoms with E-state index in [1.807, 2.05) is 6.07 Å². The van der Waals surface area contributed by atoms with Gasteiger partial charge in [0.2, 0.25) is 5.91 Å². The maximum atomic E-state index is 12.7. The van der Waals surface area contributed by atoms with Gasteiger partial charge in [-0.15, -0.1) is 0 Å². The van der Waals surface area contributed by atoms with Crippen molar-refractivity contribution >= 4 is 58.3 Å². The Labute approximate surface area is 153 Å². The molecule has 1 aliphatic rings. The smallest absolute Gasteiger partial charge is 0.251 e. The Morgan fingerprint density at radius 2 is 1.92 bits per heavy atom. The summed E-state index contributed by atoms with van der Waals surface area (Å²) in [7, 11) is 0. The normalized spacial score (nSPS) is 17.9. The molecule has 1 atom stereocenters. The zero-order chi connectivity index (χ0) is 18.0. The summed E-state index contributed by atoms with van der Waals surface area (Å²) in [5, 5.41) is 12.3. The van der Waals surface area contributed by atoms with Crippen LogP contribution in [0.5, 0.6) is 5.75 Å². The Balaban J connectivity index is 1.88. The predicted octanol–water partition coefficient (Wildman–Crippen LogP) is 2.81. The quantitative estimate of drug-likeness (QED) is 0.492. The topological polar surface area (TPSA) is 82.0 Å². The molecule has 0 spiro atoms. The lowest BCUT2D eigenvalue weighted by Gasteiger charge is -2.30. The maximum absolute atomic E-state index is 12.7. The number of carbonyl (C=O) groups is 2. The van der Waals surface area contributed by atoms with Gasteiger partial charge in [0, 0.05) is 12.3 Å². The van der Waals surface area contributed by atoms with Gasteiger partial charge in [-0.3, -0.25) is 19.5 Å². The number of phenols is 1. The molecule has 0 unspecified atom stereocenters. The number of aliphatic imine (C=N–C) groups is 1. The number of rotatable bonds is 3. The molecule has 0 aromatic heterocycles. The molecule has 2 N–H and O–H groups in total. The summed E-state index contributed by atoms with van der Waals surface area (Å²) in [4.78, 5) is 30.2. The second kappa shape index (κ2) is 7.00. The molecule has 0 bridgehead atoms. The first-order valence-electron chi connectivity index (χ1n) is 7.24. The van der Waals surface area contributed by atoms with Gasteiger partial charge in [-0.2, -0.15) is 0 Å². The largest absolute Gasteiger partial charge is 0.506 e. The van der Waals surface area contributed by atoms with Gasteiger partial charge in [0.15, 0.2) is 11.0 Å². The van der Waals surface area contributed by atoms with E-state index in [-0.39, 0.29) is 15.9 Å². The zero-order valence-corrected chi connectivity index (χ0v) is 14.3. The summed E-state index contributed by atoms with van der Waals surface area (Å²) >= 11 is 10.8. The second-order valence-corrected chi connectivity index (χ2v) is 5.99. The second-order valence-electron chi connectivity index (χ2n) is 5.20. The zero-order valence-electron chi connectivity index (χ0n) is 12.7. The van der Waals surface area contributed by atoms with E-state index in [0.717, 1.165) is 0 Å². The van der Waals surface area contributed by atoms with E-state index in [1.54, 1.807) is 30.3 Å². The molecule has 0 aliphatic carbocycles. The lowest BCUT2D eigenvalue weighted by atomic mass is 10.1. The molecule has 6 nitrogen and oxygen atoms in total. The molecule has 2 amide bonds. The van der Waals surface area contributed by atoms with Crippen LogP contribution in [0.15, 0.2) is 53.5 Å². The van der Waals surface area contributed by atoms with Crippen LogP contribution in [-0.4, -0.2) is 28.2 Å². The lowest BCUT2D eigenvalue weighted by molar-refractivity contribution is -0.130. The number of nitrogens with zero attached hydrogens (tertiary/aromatic N) is 2. The first kappa shape index (κ1) is 17.1. The van der Waals surface area contributed by atoms with E-state index in [2.05, 4.69) is 10.3 Å². The molecule has 0 saturated carbocycles. The van der Waals surface area contributed by atoms with E-state index in [4.69, 9.17) is 23.8 Å². The van der Waals surface area contributed by atoms with Crippen LogP contribution in [0.4, 0.5) is 11.4 Å². The standard InChI is InChI=1S/C17H12ClN3O3S/c18-13-7-6-10(8-14(13)22)19-9-12-15(23)20-17(25)21(16(12)24)11-4-2-1-3-5-11/h1-9,12,22H,(H,20,23,25)/t12-/m0/s1. The number of aromatic hydroxyl groups is 1. The van der Waals surface area contributed by atoms with Gasteiger partial charge >= 0.3 is 0 Å². The number of nitrogens with one attached hydrogen (secondary N) is 1. The van der Waals surface area contributed by atoms with E-state index in [9.17, 15) is 14.7 Å². The molecule has 0 radical (unpaired) electrons. The third kappa shape index (κ3) is 3.52. The minimum atomic E-state index is -1.13. The number of carbonyl (C=O) groups excluding carboxylic acids is 2. The number of hydrogen-bond donors (Lipinski definition) is 2. The third-order valence-corrected chi connectivity index (χ3v) is 4.12. The molecule has 1 fully saturated rings. The van der Waals surface area contributed by atoms with Crippen LogP contribution in [0.3, 0.4) is 0 Å². The summed E-state index contributed by atoms with van der Waals surface area (Å²) in [6.45, 7) is 0. The highest BCUT2D eigenvalue weighted by Crippen LogP contribution is 2.28. The van der Waals surface area contributed by atoms with E-state index in [1.165, 1.54) is 23.2 Å². The Bertz CT molecular complexity index is 886. The van der Waals surface area contributed by atoms with Crippen LogP contribution in [0.2, 0.25) is 5.02 Å². The number of para-hydroxylation sites is 1. The first-order valence-corrected chi connectivity index (χ1v) is 8.02. The molecule has 1 saturated heterocycles. The van der Waals surface area contributed by atoms with Crippen LogP contribution < -0.4 is 10.2 Å². The summed E-state index contributed by atoms with van der Waals surface area (Å²) in [5.74, 6) is -2.32. The SMILES string of the molecule is O=C1NC(=S)N(c2ccccc2)C(=O)[C@H]1C=Nc1ccc(Cl)c(O)c1. The fourth-order valence-corrected chi connectivity index (χ4v) is 2.70. The highest BCUT2D eigenvalue weighted by Gasteiger charge is 2.38. The number of benzene rings is 2. The minimum absolute atomic E-state index is 0.0231. The number of halogens is 1. The number of thiocarbonyl (C=S) groups is 1. The van der Waals surface area contributed by atoms with Crippen molar-refractivity contribution in [2.24, 2.45) is 10.9 Å². The average molecular weight is 374 g/mol. The number of amides is 2. The van der Waals surface area contributed by atoms with Crippen LogP contribution in [0, 0.1) is 5.92 Å². The molecule has 1 heterocycles. The lowest BCUT2D eigenvalue weighted by Crippen LogP contribution is -2.58. The van der Waals surface area contributed by atoms with Crippen molar-refractivity contribution in [3.63, 3.8) is 0 Å². The van der Waals surface area contributed by atoms with E-state index >= 15 is 0 Å². The van der Waals surface area contributed by atoms with Crippen molar-refractivity contribution in [1.82, 2.24) is 5.32 Å². The Morgan fingerprint density at radius 1 is 1.20 bits per heavy atom. The summed E-state index contributed by atoms with van der Waals surface area (Å²) < 4.78 is 0. The van der Waals surface area contributed by atoms with Crippen molar-refractivity contribution in [3.8, 4) is 5.75 Å². The number of anilines is 1. The highest BCUT2D eigenvalue weighted by atomic mass is 35.5. The van der Waals surface area contributed by atoms with Gasteiger partial charge in [0.05, 0.1) is 16.4 Å². The van der Waals surface area contributed by atoms with Crippen molar-refractivity contribution in [3.05, 3.63) is 53.6 Å². The van der Waals surface area contributed by atoms with Crippen molar-refractivity contribution in [2.75, 3.05) is 4.90 Å². The van der Waals surface area contributed by atoms with Crippen molar-refractivity contribution in [1.29, 1.82) is 0 Å². The molecular formula is C17H12ClN3O3S. The third-order valence-electron chi connectivity index (χ3n) is 3.52. The molecule has 2 aromatic carbocycles. The van der Waals surface area contributed by atoms with Gasteiger partial charge in [0.1, 0.15) is 5.75 Å². The molecule has 8 heteroatoms. The Kier molecular flexibility index (Phi) is 4.78. The van der Waals surface area contributed by atoms with Gasteiger partial charge in [-0.1, -0.05) is 29.8 Å². The van der Waals surface area contributed by atoms with Crippen LogP contribution >= 0.6 is 23.8 Å². The summed E-state index contributed by atoms with van der Waals surface area (Å²) in [6.07, 6.45) is 1.22. The number of phenolic OH excluding ortho intramolecular Hbond substituents is 1. The fraction of sp³-hybridized carbons (Fsp3) is 0.0588. The predicted molar refractivity (Wildman–Crippen MR) is 99.4 cm³/mol.